The number of pyridine rings is 1. The minimum atomic E-state index is -4.50. The van der Waals surface area contributed by atoms with E-state index in [0.29, 0.717) is 5.69 Å². The number of amides is 1. The monoisotopic (exact) mass is 643 g/mol. The Labute approximate surface area is 250 Å². The first-order valence-corrected chi connectivity index (χ1v) is 15.2. The molecule has 15 heteroatoms. The van der Waals surface area contributed by atoms with Gasteiger partial charge in [-0.15, -0.1) is 0 Å². The van der Waals surface area contributed by atoms with Crippen LogP contribution < -0.4 is 15.0 Å². The SMILES string of the molecule is CCS(=O)(=O)c1ccc(C(CO)NC(=O)c2ccc(N3C[C@@H](Oc4ccc(C(F)(F)F)cc4)C[C@H]3COC(F)F)cc2)nc1. The van der Waals surface area contributed by atoms with Gasteiger partial charge in [-0.25, -0.2) is 8.42 Å². The van der Waals surface area contributed by atoms with E-state index < -0.39 is 58.9 Å². The molecule has 238 valence electrons. The summed E-state index contributed by atoms with van der Waals surface area (Å²) in [6.07, 6.45) is -3.63. The number of benzene rings is 2. The smallest absolute Gasteiger partial charge is 0.416 e. The molecule has 1 saturated heterocycles. The molecule has 0 spiro atoms. The van der Waals surface area contributed by atoms with E-state index >= 15 is 0 Å². The average Bonchev–Trinajstić information content (AvgIpc) is 3.41. The number of hydrogen-bond donors (Lipinski definition) is 2. The number of ether oxygens (including phenoxy) is 2. The number of aliphatic hydroxyl groups excluding tert-OH is 1. The number of rotatable bonds is 12. The van der Waals surface area contributed by atoms with Gasteiger partial charge in [0.1, 0.15) is 11.9 Å². The number of halogens is 5. The number of hydrogen-bond acceptors (Lipinski definition) is 8. The van der Waals surface area contributed by atoms with Crippen LogP contribution in [0.15, 0.2) is 71.8 Å². The quantitative estimate of drug-likeness (QED) is 0.275. The second-order valence-corrected chi connectivity index (χ2v) is 12.3. The van der Waals surface area contributed by atoms with Crippen molar-refractivity contribution in [3.05, 3.63) is 83.7 Å². The van der Waals surface area contributed by atoms with E-state index in [1.165, 1.54) is 43.3 Å². The van der Waals surface area contributed by atoms with Gasteiger partial charge in [-0.3, -0.25) is 9.78 Å². The number of aromatic nitrogens is 1. The molecule has 1 amide bonds. The zero-order chi connectivity index (χ0) is 32.1. The minimum absolute atomic E-state index is 0.0218. The van der Waals surface area contributed by atoms with Crippen LogP contribution in [-0.2, 0) is 20.8 Å². The predicted octanol–water partition coefficient (Wildman–Crippen LogP) is 4.62. The highest BCUT2D eigenvalue weighted by Crippen LogP contribution is 2.32. The van der Waals surface area contributed by atoms with Crippen molar-refractivity contribution >= 4 is 21.4 Å². The summed E-state index contributed by atoms with van der Waals surface area (Å²) < 4.78 is 98.7. The molecule has 4 rings (SSSR count). The Balaban J connectivity index is 1.44. The molecule has 44 heavy (non-hydrogen) atoms. The van der Waals surface area contributed by atoms with Crippen LogP contribution in [0, 0.1) is 0 Å². The first-order chi connectivity index (χ1) is 20.8. The number of carbonyl (C=O) groups excluding carboxylic acids is 1. The summed E-state index contributed by atoms with van der Waals surface area (Å²) in [5, 5.41) is 12.5. The Morgan fingerprint density at radius 1 is 1.09 bits per heavy atom. The van der Waals surface area contributed by atoms with Crippen LogP contribution >= 0.6 is 0 Å². The first kappa shape index (κ1) is 33.1. The second kappa shape index (κ2) is 13.9. The lowest BCUT2D eigenvalue weighted by molar-refractivity contribution is -0.137. The average molecular weight is 644 g/mol. The molecular formula is C29H30F5N3O6S. The molecule has 1 aromatic heterocycles. The van der Waals surface area contributed by atoms with Gasteiger partial charge in [0.2, 0.25) is 0 Å². The van der Waals surface area contributed by atoms with Gasteiger partial charge in [-0.05, 0) is 60.7 Å². The lowest BCUT2D eigenvalue weighted by Gasteiger charge is -2.26. The molecule has 0 saturated carbocycles. The summed E-state index contributed by atoms with van der Waals surface area (Å²) in [5.41, 5.74) is 0.211. The molecule has 2 heterocycles. The summed E-state index contributed by atoms with van der Waals surface area (Å²) in [7, 11) is -3.47. The fourth-order valence-corrected chi connectivity index (χ4v) is 5.56. The molecule has 9 nitrogen and oxygen atoms in total. The van der Waals surface area contributed by atoms with Crippen molar-refractivity contribution in [2.45, 2.75) is 49.2 Å². The largest absolute Gasteiger partial charge is 0.489 e. The van der Waals surface area contributed by atoms with Crippen molar-refractivity contribution < 1.29 is 49.7 Å². The molecule has 1 aliphatic rings. The number of nitrogens with one attached hydrogen (secondary N) is 1. The minimum Gasteiger partial charge on any atom is -0.489 e. The molecule has 0 radical (unpaired) electrons. The third kappa shape index (κ3) is 8.21. The van der Waals surface area contributed by atoms with Gasteiger partial charge in [-0.2, -0.15) is 22.0 Å². The third-order valence-corrected chi connectivity index (χ3v) is 8.80. The lowest BCUT2D eigenvalue weighted by atomic mass is 10.1. The third-order valence-electron chi connectivity index (χ3n) is 7.08. The Hall–Kier alpha value is -3.82. The number of aliphatic hydroxyl groups is 1. The molecule has 2 N–H and O–H groups in total. The van der Waals surface area contributed by atoms with Crippen LogP contribution in [0.4, 0.5) is 27.6 Å². The van der Waals surface area contributed by atoms with Crippen LogP contribution in [0.5, 0.6) is 5.75 Å². The van der Waals surface area contributed by atoms with E-state index in [4.69, 9.17) is 4.74 Å². The number of nitrogens with zero attached hydrogens (tertiary/aromatic N) is 2. The lowest BCUT2D eigenvalue weighted by Crippen LogP contribution is -2.34. The maximum atomic E-state index is 12.9. The van der Waals surface area contributed by atoms with Crippen LogP contribution in [0.2, 0.25) is 0 Å². The Bertz CT molecular complexity index is 1500. The summed E-state index contributed by atoms with van der Waals surface area (Å²) >= 11 is 0. The fraction of sp³-hybridized carbons (Fsp3) is 0.379. The van der Waals surface area contributed by atoms with Gasteiger partial charge in [-0.1, -0.05) is 6.92 Å². The van der Waals surface area contributed by atoms with Gasteiger partial charge in [0, 0.05) is 23.9 Å². The van der Waals surface area contributed by atoms with E-state index in [2.05, 4.69) is 15.0 Å². The van der Waals surface area contributed by atoms with E-state index in [-0.39, 0.29) is 47.2 Å². The second-order valence-electron chi connectivity index (χ2n) is 9.98. The molecule has 0 bridgehead atoms. The van der Waals surface area contributed by atoms with E-state index in [1.807, 2.05) is 0 Å². The Morgan fingerprint density at radius 3 is 2.32 bits per heavy atom. The molecule has 2 aromatic carbocycles. The first-order valence-electron chi connectivity index (χ1n) is 13.5. The topological polar surface area (TPSA) is 118 Å². The maximum Gasteiger partial charge on any atom is 0.416 e. The number of carbonyl (C=O) groups is 1. The van der Waals surface area contributed by atoms with Gasteiger partial charge in [0.25, 0.3) is 5.91 Å². The maximum absolute atomic E-state index is 12.9. The van der Waals surface area contributed by atoms with Crippen molar-refractivity contribution in [2.24, 2.45) is 0 Å². The van der Waals surface area contributed by atoms with Crippen LogP contribution in [0.25, 0.3) is 0 Å². The standard InChI is InChI=1S/C29H30F5N3O6S/c1-2-44(40,41)24-11-12-25(35-14-24)26(16-38)36-27(39)18-3-7-20(8-4-18)37-15-23(13-21(37)17-42-28(30)31)43-22-9-5-19(6-10-22)29(32,33)34/h3-12,14,21,23,26,28,38H,2,13,15-17H2,1H3,(H,36,39)/t21-,23-,26?/m0/s1. The van der Waals surface area contributed by atoms with Crippen LogP contribution in [0.3, 0.4) is 0 Å². The van der Waals surface area contributed by atoms with Crippen LogP contribution in [0.1, 0.15) is 41.0 Å². The van der Waals surface area contributed by atoms with Crippen molar-refractivity contribution in [1.82, 2.24) is 10.3 Å². The number of anilines is 1. The normalized spacial score (nSPS) is 18.0. The Morgan fingerprint density at radius 2 is 1.77 bits per heavy atom. The summed E-state index contributed by atoms with van der Waals surface area (Å²) in [6, 6.07) is 11.7. The van der Waals surface area contributed by atoms with Gasteiger partial charge in [0.15, 0.2) is 9.84 Å². The molecule has 0 aliphatic carbocycles. The van der Waals surface area contributed by atoms with Crippen LogP contribution in [-0.4, -0.2) is 68.7 Å². The summed E-state index contributed by atoms with van der Waals surface area (Å²) in [6.45, 7) is -2.13. The molecule has 3 aromatic rings. The summed E-state index contributed by atoms with van der Waals surface area (Å²) in [5.74, 6) is -0.459. The highest BCUT2D eigenvalue weighted by Gasteiger charge is 2.35. The van der Waals surface area contributed by atoms with Gasteiger partial charge < -0.3 is 24.8 Å². The van der Waals surface area contributed by atoms with Crippen molar-refractivity contribution in [2.75, 3.05) is 30.4 Å². The highest BCUT2D eigenvalue weighted by molar-refractivity contribution is 7.91. The van der Waals surface area contributed by atoms with Gasteiger partial charge >= 0.3 is 12.8 Å². The number of alkyl halides is 5. The van der Waals surface area contributed by atoms with Crippen molar-refractivity contribution in [3.63, 3.8) is 0 Å². The Kier molecular flexibility index (Phi) is 10.4. The molecule has 1 fully saturated rings. The predicted molar refractivity (Wildman–Crippen MR) is 149 cm³/mol. The summed E-state index contributed by atoms with van der Waals surface area (Å²) in [4.78, 5) is 18.8. The van der Waals surface area contributed by atoms with E-state index in [0.717, 1.165) is 18.3 Å². The van der Waals surface area contributed by atoms with E-state index in [9.17, 15) is 40.3 Å². The van der Waals surface area contributed by atoms with Crippen molar-refractivity contribution in [3.8, 4) is 5.75 Å². The van der Waals surface area contributed by atoms with Crippen molar-refractivity contribution in [1.29, 1.82) is 0 Å². The molecule has 1 aliphatic heterocycles. The highest BCUT2D eigenvalue weighted by atomic mass is 32.2. The fourth-order valence-electron chi connectivity index (χ4n) is 4.74. The molecule has 1 unspecified atom stereocenters. The number of sulfone groups is 1. The van der Waals surface area contributed by atoms with E-state index in [1.54, 1.807) is 17.0 Å². The molecule has 3 atom stereocenters. The zero-order valence-corrected chi connectivity index (χ0v) is 24.2. The van der Waals surface area contributed by atoms with Gasteiger partial charge in [0.05, 0.1) is 53.7 Å². The zero-order valence-electron chi connectivity index (χ0n) is 23.4. The molecular weight excluding hydrogens is 613 g/mol.